The maximum absolute atomic E-state index is 12.2. The van der Waals surface area contributed by atoms with Gasteiger partial charge in [-0.1, -0.05) is 64.5 Å². The highest BCUT2D eigenvalue weighted by Gasteiger charge is 2.48. The lowest BCUT2D eigenvalue weighted by Gasteiger charge is -2.41. The van der Waals surface area contributed by atoms with E-state index in [1.54, 1.807) is 0 Å². The fourth-order valence-electron chi connectivity index (χ4n) is 4.12. The highest BCUT2D eigenvalue weighted by Crippen LogP contribution is 2.25. The lowest BCUT2D eigenvalue weighted by Crippen LogP contribution is -2.60. The molecule has 4 N–H and O–H groups in total. The molecule has 0 radical (unpaired) electrons. The molecule has 1 aliphatic heterocycles. The summed E-state index contributed by atoms with van der Waals surface area (Å²) in [5, 5.41) is 30.1. The zero-order valence-electron chi connectivity index (χ0n) is 23.9. The summed E-state index contributed by atoms with van der Waals surface area (Å²) in [6, 6.07) is 0. The number of aliphatic hydroxyl groups is 3. The zero-order chi connectivity index (χ0) is 29.8. The van der Waals surface area contributed by atoms with Crippen LogP contribution in [-0.4, -0.2) is 97.5 Å². The van der Waals surface area contributed by atoms with Crippen molar-refractivity contribution in [1.29, 1.82) is 0 Å². The van der Waals surface area contributed by atoms with Crippen LogP contribution in [0.25, 0.3) is 0 Å². The molecule has 6 atom stereocenters. The number of ether oxygens (including phenoxy) is 4. The number of carbonyl (C=O) groups is 1. The van der Waals surface area contributed by atoms with Crippen LogP contribution in [0.3, 0.4) is 0 Å². The Hall–Kier alpha value is -1.16. The Labute approximate surface area is 238 Å². The van der Waals surface area contributed by atoms with Crippen molar-refractivity contribution in [2.75, 3.05) is 26.4 Å². The van der Waals surface area contributed by atoms with E-state index in [-0.39, 0.29) is 19.6 Å². The van der Waals surface area contributed by atoms with E-state index < -0.39 is 59.8 Å². The number of allylic oxidation sites excluding steroid dienone is 2. The Bertz CT molecular complexity index is 790. The minimum atomic E-state index is -5.04. The van der Waals surface area contributed by atoms with E-state index in [1.807, 2.05) is 6.92 Å². The molecule has 1 saturated heterocycles. The largest absolute Gasteiger partial charge is 0.457 e. The molecule has 1 fully saturated rings. The number of unbranched alkanes of at least 4 members (excludes halogenated alkanes) is 8. The third-order valence-corrected chi connectivity index (χ3v) is 6.83. The van der Waals surface area contributed by atoms with Gasteiger partial charge in [0.2, 0.25) is 0 Å². The fraction of sp³-hybridized carbons (Fsp3) is 0.889. The molecule has 0 saturated carbocycles. The van der Waals surface area contributed by atoms with Gasteiger partial charge in [0.15, 0.2) is 6.29 Å². The number of rotatable bonds is 23. The SMILES string of the molecule is CCC/C=C\CCCCCCCCOCC(COC1OC(CO)C(O)C(OS(=O)(=O)O)C1O)OC(=O)CCCC. The molecule has 0 aromatic carbocycles. The predicted octanol–water partition coefficient (Wildman–Crippen LogP) is 2.84. The molecular formula is C27H50O12S. The third kappa shape index (κ3) is 16.3. The Morgan fingerprint density at radius 3 is 2.25 bits per heavy atom. The van der Waals surface area contributed by atoms with Crippen LogP contribution in [0.4, 0.5) is 0 Å². The van der Waals surface area contributed by atoms with E-state index in [9.17, 15) is 28.5 Å². The molecule has 1 aliphatic rings. The van der Waals surface area contributed by atoms with Crippen molar-refractivity contribution in [2.24, 2.45) is 0 Å². The van der Waals surface area contributed by atoms with Crippen molar-refractivity contribution < 1.29 is 56.2 Å². The monoisotopic (exact) mass is 598 g/mol. The molecule has 0 spiro atoms. The van der Waals surface area contributed by atoms with Gasteiger partial charge in [0.1, 0.15) is 30.5 Å². The second-order valence-electron chi connectivity index (χ2n) is 9.99. The smallest absolute Gasteiger partial charge is 0.397 e. The molecule has 0 aromatic heterocycles. The highest BCUT2D eigenvalue weighted by atomic mass is 32.3. The summed E-state index contributed by atoms with van der Waals surface area (Å²) in [7, 11) is -5.04. The quantitative estimate of drug-likeness (QED) is 0.0586. The molecule has 40 heavy (non-hydrogen) atoms. The summed E-state index contributed by atoms with van der Waals surface area (Å²) in [4.78, 5) is 12.2. The summed E-state index contributed by atoms with van der Waals surface area (Å²) in [5.74, 6) is -0.440. The predicted molar refractivity (Wildman–Crippen MR) is 147 cm³/mol. The average Bonchev–Trinajstić information content (AvgIpc) is 2.91. The van der Waals surface area contributed by atoms with Gasteiger partial charge in [-0.25, -0.2) is 4.18 Å². The maximum atomic E-state index is 12.2. The average molecular weight is 599 g/mol. The van der Waals surface area contributed by atoms with Gasteiger partial charge < -0.3 is 34.3 Å². The first-order valence-corrected chi connectivity index (χ1v) is 15.8. The van der Waals surface area contributed by atoms with Crippen LogP contribution in [0, 0.1) is 0 Å². The van der Waals surface area contributed by atoms with E-state index in [2.05, 4.69) is 23.3 Å². The van der Waals surface area contributed by atoms with Crippen LogP contribution in [0.15, 0.2) is 12.2 Å². The van der Waals surface area contributed by atoms with Crippen molar-refractivity contribution in [3.8, 4) is 0 Å². The Morgan fingerprint density at radius 2 is 1.60 bits per heavy atom. The highest BCUT2D eigenvalue weighted by molar-refractivity contribution is 7.80. The van der Waals surface area contributed by atoms with Crippen molar-refractivity contribution in [3.63, 3.8) is 0 Å². The van der Waals surface area contributed by atoms with E-state index >= 15 is 0 Å². The van der Waals surface area contributed by atoms with E-state index in [0.717, 1.165) is 38.5 Å². The van der Waals surface area contributed by atoms with E-state index in [4.69, 9.17) is 23.5 Å². The molecule has 0 aliphatic carbocycles. The number of hydrogen-bond acceptors (Lipinski definition) is 11. The maximum Gasteiger partial charge on any atom is 0.397 e. The van der Waals surface area contributed by atoms with Gasteiger partial charge in [0, 0.05) is 13.0 Å². The first kappa shape index (κ1) is 36.9. The van der Waals surface area contributed by atoms with E-state index in [0.29, 0.717) is 13.0 Å². The molecule has 13 heteroatoms. The minimum Gasteiger partial charge on any atom is -0.457 e. The van der Waals surface area contributed by atoms with Crippen molar-refractivity contribution in [2.45, 2.75) is 128 Å². The molecule has 1 rings (SSSR count). The molecule has 12 nitrogen and oxygen atoms in total. The molecule has 236 valence electrons. The Kier molecular flexibility index (Phi) is 19.8. The first-order chi connectivity index (χ1) is 19.1. The van der Waals surface area contributed by atoms with Crippen LogP contribution in [-0.2, 0) is 38.3 Å². The standard InChI is InChI=1S/C27H50O12S/c1-3-5-7-8-9-10-11-12-13-14-15-17-35-19-21(37-23(29)16-6-4-2)20-36-27-25(31)26(39-40(32,33)34)24(30)22(18-28)38-27/h7-8,21-22,24-28,30-31H,3-6,9-20H2,1-2H3,(H,32,33,34)/b8-7-. The lowest BCUT2D eigenvalue weighted by atomic mass is 9.99. The summed E-state index contributed by atoms with van der Waals surface area (Å²) in [6.07, 6.45) is 6.94. The van der Waals surface area contributed by atoms with Crippen molar-refractivity contribution in [3.05, 3.63) is 12.2 Å². The van der Waals surface area contributed by atoms with E-state index in [1.165, 1.54) is 25.7 Å². The Balaban J connectivity index is 2.51. The van der Waals surface area contributed by atoms with Gasteiger partial charge in [-0.05, 0) is 32.1 Å². The summed E-state index contributed by atoms with van der Waals surface area (Å²) >= 11 is 0. The second kappa shape index (κ2) is 21.5. The van der Waals surface area contributed by atoms with Gasteiger partial charge in [-0.2, -0.15) is 8.42 Å². The van der Waals surface area contributed by atoms with Crippen LogP contribution < -0.4 is 0 Å². The number of aliphatic hydroxyl groups excluding tert-OH is 3. The Morgan fingerprint density at radius 1 is 0.925 bits per heavy atom. The number of carbonyl (C=O) groups excluding carboxylic acids is 1. The normalized spacial score (nSPS) is 24.4. The molecule has 6 unspecified atom stereocenters. The third-order valence-electron chi connectivity index (χ3n) is 6.37. The van der Waals surface area contributed by atoms with Crippen LogP contribution in [0.5, 0.6) is 0 Å². The fourth-order valence-corrected chi connectivity index (χ4v) is 4.63. The second-order valence-corrected chi connectivity index (χ2v) is 11.0. The first-order valence-electron chi connectivity index (χ1n) is 14.4. The van der Waals surface area contributed by atoms with Crippen LogP contribution >= 0.6 is 0 Å². The number of esters is 1. The molecule has 0 amide bonds. The van der Waals surface area contributed by atoms with Crippen molar-refractivity contribution >= 4 is 16.4 Å². The van der Waals surface area contributed by atoms with Crippen molar-refractivity contribution in [1.82, 2.24) is 0 Å². The van der Waals surface area contributed by atoms with Gasteiger partial charge in [-0.15, -0.1) is 0 Å². The van der Waals surface area contributed by atoms with Gasteiger partial charge in [0.05, 0.1) is 19.8 Å². The topological polar surface area (TPSA) is 178 Å². The summed E-state index contributed by atoms with van der Waals surface area (Å²) < 4.78 is 57.7. The molecule has 0 aromatic rings. The van der Waals surface area contributed by atoms with Crippen LogP contribution in [0.1, 0.15) is 90.9 Å². The number of hydrogen-bond donors (Lipinski definition) is 4. The minimum absolute atomic E-state index is 0.0295. The zero-order valence-corrected chi connectivity index (χ0v) is 24.7. The summed E-state index contributed by atoms with van der Waals surface area (Å²) in [5.41, 5.74) is 0. The lowest BCUT2D eigenvalue weighted by molar-refractivity contribution is -0.301. The van der Waals surface area contributed by atoms with Gasteiger partial charge >= 0.3 is 16.4 Å². The molecular weight excluding hydrogens is 548 g/mol. The van der Waals surface area contributed by atoms with Crippen LogP contribution in [0.2, 0.25) is 0 Å². The summed E-state index contributed by atoms with van der Waals surface area (Å²) in [6.45, 7) is 3.59. The molecule has 1 heterocycles. The molecule has 0 bridgehead atoms. The van der Waals surface area contributed by atoms with Gasteiger partial charge in [-0.3, -0.25) is 9.35 Å². The van der Waals surface area contributed by atoms with Gasteiger partial charge in [0.25, 0.3) is 0 Å².